The van der Waals surface area contributed by atoms with Gasteiger partial charge in [0.1, 0.15) is 12.2 Å². The third kappa shape index (κ3) is 10.3. The average Bonchev–Trinajstić information content (AvgIpc) is 3.02. The van der Waals surface area contributed by atoms with Gasteiger partial charge >= 0.3 is 11.9 Å². The Morgan fingerprint density at radius 1 is 0.683 bits per heavy atom. The molecule has 0 aromatic rings. The fourth-order valence-electron chi connectivity index (χ4n) is 8.55. The number of ether oxygens (including phenoxy) is 2. The molecule has 0 aromatic heterocycles. The SMILES string of the molecule is CCCCCCCCC1CCC(C2CCC(C(=O)OC3CCC(C(=O)OC(C#N)C4CCCCC4)CC3)CC2)CC1. The van der Waals surface area contributed by atoms with E-state index in [1.54, 1.807) is 0 Å². The Bertz CT molecular complexity index is 806. The molecule has 4 saturated carbocycles. The molecule has 0 saturated heterocycles. The minimum Gasteiger partial charge on any atom is -0.462 e. The summed E-state index contributed by atoms with van der Waals surface area (Å²) in [5.41, 5.74) is 0. The summed E-state index contributed by atoms with van der Waals surface area (Å²) >= 11 is 0. The summed E-state index contributed by atoms with van der Waals surface area (Å²) < 4.78 is 11.7. The van der Waals surface area contributed by atoms with E-state index in [0.29, 0.717) is 12.8 Å². The molecule has 4 aliphatic carbocycles. The highest BCUT2D eigenvalue weighted by atomic mass is 16.5. The molecule has 0 radical (unpaired) electrons. The molecule has 0 heterocycles. The molecule has 1 atom stereocenters. The van der Waals surface area contributed by atoms with Crippen molar-refractivity contribution in [3.05, 3.63) is 0 Å². The standard InChI is InChI=1S/C36H59NO4/c1-2-3-4-5-6-8-11-27-14-16-28(17-15-27)29-18-20-31(21-19-29)35(38)40-33-24-22-32(23-25-33)36(39)41-34(26-37)30-12-9-7-10-13-30/h27-34H,2-25H2,1H3. The van der Waals surface area contributed by atoms with Crippen molar-refractivity contribution in [2.45, 2.75) is 173 Å². The van der Waals surface area contributed by atoms with Crippen LogP contribution in [0.2, 0.25) is 0 Å². The summed E-state index contributed by atoms with van der Waals surface area (Å²) in [6.07, 6.45) is 27.5. The van der Waals surface area contributed by atoms with Crippen LogP contribution in [0, 0.1) is 46.8 Å². The van der Waals surface area contributed by atoms with Crippen molar-refractivity contribution < 1.29 is 19.1 Å². The van der Waals surface area contributed by atoms with E-state index in [1.807, 2.05) is 0 Å². The molecule has 4 rings (SSSR count). The molecular weight excluding hydrogens is 510 g/mol. The maximum atomic E-state index is 13.0. The quantitative estimate of drug-likeness (QED) is 0.163. The van der Waals surface area contributed by atoms with E-state index in [2.05, 4.69) is 13.0 Å². The highest BCUT2D eigenvalue weighted by Crippen LogP contribution is 2.43. The molecule has 4 fully saturated rings. The van der Waals surface area contributed by atoms with Crippen LogP contribution in [-0.2, 0) is 19.1 Å². The third-order valence-electron chi connectivity index (χ3n) is 11.4. The lowest BCUT2D eigenvalue weighted by Crippen LogP contribution is -2.35. The van der Waals surface area contributed by atoms with Gasteiger partial charge < -0.3 is 9.47 Å². The summed E-state index contributed by atoms with van der Waals surface area (Å²) in [7, 11) is 0. The van der Waals surface area contributed by atoms with E-state index in [-0.39, 0.29) is 35.8 Å². The molecule has 232 valence electrons. The molecule has 5 heteroatoms. The second-order valence-corrected chi connectivity index (χ2v) is 14.2. The lowest BCUT2D eigenvalue weighted by molar-refractivity contribution is -0.161. The molecule has 0 aliphatic heterocycles. The molecule has 0 aromatic carbocycles. The van der Waals surface area contributed by atoms with Gasteiger partial charge in [0.15, 0.2) is 6.10 Å². The van der Waals surface area contributed by atoms with Gasteiger partial charge in [-0.05, 0) is 94.8 Å². The van der Waals surface area contributed by atoms with Crippen molar-refractivity contribution in [1.29, 1.82) is 5.26 Å². The molecule has 1 unspecified atom stereocenters. The minimum atomic E-state index is -0.603. The Balaban J connectivity index is 1.07. The van der Waals surface area contributed by atoms with Gasteiger partial charge in [-0.1, -0.05) is 84.0 Å². The van der Waals surface area contributed by atoms with Crippen molar-refractivity contribution in [2.24, 2.45) is 35.5 Å². The number of hydrogen-bond donors (Lipinski definition) is 0. The van der Waals surface area contributed by atoms with Gasteiger partial charge in [-0.15, -0.1) is 0 Å². The van der Waals surface area contributed by atoms with E-state index in [9.17, 15) is 14.9 Å². The summed E-state index contributed by atoms with van der Waals surface area (Å²) in [5, 5.41) is 9.56. The maximum Gasteiger partial charge on any atom is 0.310 e. The average molecular weight is 570 g/mol. The number of nitriles is 1. The Labute approximate surface area is 250 Å². The van der Waals surface area contributed by atoms with Crippen molar-refractivity contribution in [2.75, 3.05) is 0 Å². The first-order valence-electron chi connectivity index (χ1n) is 17.9. The normalized spacial score (nSPS) is 32.0. The van der Waals surface area contributed by atoms with Gasteiger partial charge in [0.25, 0.3) is 0 Å². The summed E-state index contributed by atoms with van der Waals surface area (Å²) in [4.78, 5) is 25.8. The second-order valence-electron chi connectivity index (χ2n) is 14.2. The Kier molecular flexibility index (Phi) is 13.8. The van der Waals surface area contributed by atoms with Crippen molar-refractivity contribution >= 4 is 11.9 Å². The van der Waals surface area contributed by atoms with E-state index >= 15 is 0 Å². The van der Waals surface area contributed by atoms with Crippen LogP contribution >= 0.6 is 0 Å². The van der Waals surface area contributed by atoms with Crippen LogP contribution < -0.4 is 0 Å². The fourth-order valence-corrected chi connectivity index (χ4v) is 8.55. The Hall–Kier alpha value is -1.57. The van der Waals surface area contributed by atoms with Crippen LogP contribution in [0.4, 0.5) is 0 Å². The predicted molar refractivity (Wildman–Crippen MR) is 163 cm³/mol. The lowest BCUT2D eigenvalue weighted by Gasteiger charge is -2.38. The maximum absolute atomic E-state index is 13.0. The van der Waals surface area contributed by atoms with Gasteiger partial charge in [-0.25, -0.2) is 0 Å². The number of hydrogen-bond acceptors (Lipinski definition) is 5. The first-order chi connectivity index (χ1) is 20.1. The summed E-state index contributed by atoms with van der Waals surface area (Å²) in [5.74, 6) is 2.51. The number of carbonyl (C=O) groups is 2. The molecule has 0 amide bonds. The van der Waals surface area contributed by atoms with Crippen LogP contribution in [0.1, 0.15) is 161 Å². The van der Waals surface area contributed by atoms with Crippen molar-refractivity contribution in [3.63, 3.8) is 0 Å². The molecule has 0 N–H and O–H groups in total. The van der Waals surface area contributed by atoms with Gasteiger partial charge in [-0.3, -0.25) is 9.59 Å². The van der Waals surface area contributed by atoms with Crippen molar-refractivity contribution in [3.8, 4) is 6.07 Å². The molecule has 4 aliphatic rings. The molecule has 41 heavy (non-hydrogen) atoms. The van der Waals surface area contributed by atoms with Gasteiger partial charge in [0.2, 0.25) is 0 Å². The fraction of sp³-hybridized carbons (Fsp3) is 0.917. The van der Waals surface area contributed by atoms with Gasteiger partial charge in [-0.2, -0.15) is 5.26 Å². The van der Waals surface area contributed by atoms with Crippen LogP contribution in [0.25, 0.3) is 0 Å². The van der Waals surface area contributed by atoms with Crippen molar-refractivity contribution in [1.82, 2.24) is 0 Å². The number of nitrogens with zero attached hydrogens (tertiary/aromatic N) is 1. The number of unbranched alkanes of at least 4 members (excludes halogenated alkanes) is 5. The predicted octanol–water partition coefficient (Wildman–Crippen LogP) is 9.47. The summed E-state index contributed by atoms with van der Waals surface area (Å²) in [6.45, 7) is 2.29. The first kappa shape index (κ1) is 32.3. The zero-order valence-corrected chi connectivity index (χ0v) is 26.2. The largest absolute Gasteiger partial charge is 0.462 e. The van der Waals surface area contributed by atoms with Gasteiger partial charge in [0.05, 0.1) is 11.8 Å². The Morgan fingerprint density at radius 2 is 1.24 bits per heavy atom. The van der Waals surface area contributed by atoms with E-state index in [0.717, 1.165) is 69.1 Å². The highest BCUT2D eigenvalue weighted by molar-refractivity contribution is 5.74. The number of rotatable bonds is 13. The monoisotopic (exact) mass is 569 g/mol. The highest BCUT2D eigenvalue weighted by Gasteiger charge is 2.36. The molecule has 0 bridgehead atoms. The number of carbonyl (C=O) groups excluding carboxylic acids is 2. The van der Waals surface area contributed by atoms with Crippen LogP contribution in [0.3, 0.4) is 0 Å². The second kappa shape index (κ2) is 17.5. The van der Waals surface area contributed by atoms with Crippen LogP contribution in [0.15, 0.2) is 0 Å². The zero-order valence-electron chi connectivity index (χ0n) is 26.2. The van der Waals surface area contributed by atoms with Gasteiger partial charge in [0, 0.05) is 5.92 Å². The minimum absolute atomic E-state index is 0.000959. The van der Waals surface area contributed by atoms with Crippen LogP contribution in [0.5, 0.6) is 0 Å². The van der Waals surface area contributed by atoms with E-state index < -0.39 is 6.10 Å². The Morgan fingerprint density at radius 3 is 1.88 bits per heavy atom. The molecule has 5 nitrogen and oxygen atoms in total. The topological polar surface area (TPSA) is 76.4 Å². The number of esters is 2. The molecular formula is C36H59NO4. The smallest absolute Gasteiger partial charge is 0.310 e. The zero-order chi connectivity index (χ0) is 28.9. The lowest BCUT2D eigenvalue weighted by atomic mass is 9.68. The van der Waals surface area contributed by atoms with E-state index in [1.165, 1.54) is 89.9 Å². The molecule has 0 spiro atoms. The van der Waals surface area contributed by atoms with E-state index in [4.69, 9.17) is 9.47 Å². The summed E-state index contributed by atoms with van der Waals surface area (Å²) in [6, 6.07) is 2.24. The van der Waals surface area contributed by atoms with Crippen LogP contribution in [-0.4, -0.2) is 24.1 Å². The first-order valence-corrected chi connectivity index (χ1v) is 17.9. The third-order valence-corrected chi connectivity index (χ3v) is 11.4.